The van der Waals surface area contributed by atoms with Crippen LogP contribution in [0.1, 0.15) is 31.7 Å². The van der Waals surface area contributed by atoms with Gasteiger partial charge in [-0.2, -0.15) is 0 Å². The molecule has 1 heterocycles. The van der Waals surface area contributed by atoms with Gasteiger partial charge in [0, 0.05) is 38.3 Å². The summed E-state index contributed by atoms with van der Waals surface area (Å²) in [6.07, 6.45) is 2.91. The molecular weight excluding hydrogens is 264 g/mol. The number of hydrogen-bond donors (Lipinski definition) is 1. The predicted octanol–water partition coefficient (Wildman–Crippen LogP) is 2.51. The Balaban J connectivity index is 1.75. The first-order chi connectivity index (χ1) is 10.2. The fourth-order valence-corrected chi connectivity index (χ4v) is 2.65. The second kappa shape index (κ2) is 8.03. The van der Waals surface area contributed by atoms with Crippen LogP contribution < -0.4 is 10.2 Å². The first-order valence-corrected chi connectivity index (χ1v) is 7.89. The third-order valence-corrected chi connectivity index (χ3v) is 3.91. The lowest BCUT2D eigenvalue weighted by atomic mass is 10.2. The summed E-state index contributed by atoms with van der Waals surface area (Å²) in [6.45, 7) is 7.34. The molecule has 1 fully saturated rings. The molecule has 21 heavy (non-hydrogen) atoms. The number of ether oxygens (including phenoxy) is 1. The van der Waals surface area contributed by atoms with Crippen LogP contribution in [0.5, 0.6) is 0 Å². The molecule has 2 rings (SSSR count). The van der Waals surface area contributed by atoms with E-state index in [-0.39, 0.29) is 12.0 Å². The Morgan fingerprint density at radius 2 is 2.33 bits per heavy atom. The van der Waals surface area contributed by atoms with Crippen molar-refractivity contribution in [2.75, 3.05) is 31.1 Å². The number of benzene rings is 1. The number of nitrogens with zero attached hydrogens (tertiary/aromatic N) is 1. The maximum atomic E-state index is 11.9. The molecule has 0 aromatic heterocycles. The van der Waals surface area contributed by atoms with Gasteiger partial charge in [0.25, 0.3) is 0 Å². The van der Waals surface area contributed by atoms with Crippen molar-refractivity contribution in [3.63, 3.8) is 0 Å². The fourth-order valence-electron chi connectivity index (χ4n) is 2.65. The first-order valence-electron chi connectivity index (χ1n) is 7.89. The Morgan fingerprint density at radius 3 is 3.00 bits per heavy atom. The van der Waals surface area contributed by atoms with Crippen LogP contribution in [0.15, 0.2) is 24.3 Å². The predicted molar refractivity (Wildman–Crippen MR) is 85.7 cm³/mol. The van der Waals surface area contributed by atoms with E-state index in [4.69, 9.17) is 4.74 Å². The Hall–Kier alpha value is -1.55. The van der Waals surface area contributed by atoms with Crippen molar-refractivity contribution >= 4 is 11.6 Å². The first kappa shape index (κ1) is 15.8. The van der Waals surface area contributed by atoms with E-state index in [0.29, 0.717) is 13.0 Å². The molecule has 0 aliphatic carbocycles. The van der Waals surface area contributed by atoms with Crippen LogP contribution in [-0.4, -0.2) is 38.3 Å². The summed E-state index contributed by atoms with van der Waals surface area (Å²) < 4.78 is 5.51. The van der Waals surface area contributed by atoms with E-state index in [0.717, 1.165) is 32.5 Å². The summed E-state index contributed by atoms with van der Waals surface area (Å²) in [5.74, 6) is 0.108. The van der Waals surface area contributed by atoms with Crippen molar-refractivity contribution in [2.45, 2.75) is 39.2 Å². The van der Waals surface area contributed by atoms with E-state index in [9.17, 15) is 4.79 Å². The van der Waals surface area contributed by atoms with Gasteiger partial charge in [0.2, 0.25) is 5.91 Å². The molecule has 116 valence electrons. The lowest BCUT2D eigenvalue weighted by Gasteiger charge is -2.23. The quantitative estimate of drug-likeness (QED) is 0.839. The van der Waals surface area contributed by atoms with Crippen molar-refractivity contribution in [3.05, 3.63) is 29.8 Å². The van der Waals surface area contributed by atoms with E-state index >= 15 is 0 Å². The number of hydrogen-bond acceptors (Lipinski definition) is 3. The number of carbonyl (C=O) groups is 1. The molecule has 0 radical (unpaired) electrons. The van der Waals surface area contributed by atoms with Gasteiger partial charge in [-0.1, -0.05) is 12.1 Å². The highest BCUT2D eigenvalue weighted by atomic mass is 16.5. The van der Waals surface area contributed by atoms with Gasteiger partial charge in [-0.3, -0.25) is 4.79 Å². The van der Waals surface area contributed by atoms with Gasteiger partial charge < -0.3 is 15.0 Å². The summed E-state index contributed by atoms with van der Waals surface area (Å²) >= 11 is 0. The van der Waals surface area contributed by atoms with Gasteiger partial charge in [-0.15, -0.1) is 0 Å². The lowest BCUT2D eigenvalue weighted by molar-refractivity contribution is -0.121. The van der Waals surface area contributed by atoms with Crippen LogP contribution in [0.2, 0.25) is 0 Å². The third kappa shape index (κ3) is 5.05. The highest BCUT2D eigenvalue weighted by Crippen LogP contribution is 2.16. The molecule has 1 aliphatic rings. The smallest absolute Gasteiger partial charge is 0.221 e. The number of anilines is 1. The summed E-state index contributed by atoms with van der Waals surface area (Å²) in [6, 6.07) is 8.41. The normalized spacial score (nSPS) is 17.7. The highest BCUT2D eigenvalue weighted by Gasteiger charge is 2.16. The summed E-state index contributed by atoms with van der Waals surface area (Å²) in [5.41, 5.74) is 2.43. The largest absolute Gasteiger partial charge is 0.376 e. The second-order valence-electron chi connectivity index (χ2n) is 5.61. The number of rotatable bonds is 7. The standard InChI is InChI=1S/C17H26N2O2/c1-3-19(15-7-4-6-14(2)12-15)10-9-17(20)18-13-16-8-5-11-21-16/h4,6-7,12,16H,3,5,8-11,13H2,1-2H3,(H,18,20). The van der Waals surface area contributed by atoms with E-state index in [1.54, 1.807) is 0 Å². The minimum atomic E-state index is 0.108. The van der Waals surface area contributed by atoms with Crippen molar-refractivity contribution in [3.8, 4) is 0 Å². The average Bonchev–Trinajstić information content (AvgIpc) is 2.99. The molecule has 1 unspecified atom stereocenters. The van der Waals surface area contributed by atoms with Crippen molar-refractivity contribution in [1.29, 1.82) is 0 Å². The van der Waals surface area contributed by atoms with E-state index in [1.807, 2.05) is 0 Å². The highest BCUT2D eigenvalue weighted by molar-refractivity contribution is 5.76. The molecule has 0 saturated carbocycles. The molecule has 4 nitrogen and oxygen atoms in total. The molecule has 1 amide bonds. The zero-order valence-electron chi connectivity index (χ0n) is 13.1. The van der Waals surface area contributed by atoms with Gasteiger partial charge in [-0.05, 0) is 44.4 Å². The molecule has 1 saturated heterocycles. The monoisotopic (exact) mass is 290 g/mol. The van der Waals surface area contributed by atoms with Gasteiger partial charge in [0.05, 0.1) is 6.10 Å². The van der Waals surface area contributed by atoms with Crippen LogP contribution in [0.3, 0.4) is 0 Å². The summed E-state index contributed by atoms with van der Waals surface area (Å²) in [7, 11) is 0. The topological polar surface area (TPSA) is 41.6 Å². The molecule has 0 spiro atoms. The summed E-state index contributed by atoms with van der Waals surface area (Å²) in [5, 5.41) is 2.98. The Bertz CT molecular complexity index is 456. The molecule has 1 aromatic carbocycles. The number of aryl methyl sites for hydroxylation is 1. The number of carbonyl (C=O) groups excluding carboxylic acids is 1. The zero-order chi connectivity index (χ0) is 15.1. The molecule has 1 aliphatic heterocycles. The van der Waals surface area contributed by atoms with Gasteiger partial charge in [0.15, 0.2) is 0 Å². The van der Waals surface area contributed by atoms with Crippen molar-refractivity contribution in [1.82, 2.24) is 5.32 Å². The van der Waals surface area contributed by atoms with E-state index in [1.165, 1.54) is 11.3 Å². The minimum absolute atomic E-state index is 0.108. The van der Waals surface area contributed by atoms with Crippen molar-refractivity contribution in [2.24, 2.45) is 0 Å². The van der Waals surface area contributed by atoms with Gasteiger partial charge in [0.1, 0.15) is 0 Å². The fraction of sp³-hybridized carbons (Fsp3) is 0.588. The van der Waals surface area contributed by atoms with E-state index < -0.39 is 0 Å². The van der Waals surface area contributed by atoms with Crippen LogP contribution in [0.25, 0.3) is 0 Å². The van der Waals surface area contributed by atoms with Crippen LogP contribution in [0, 0.1) is 6.92 Å². The molecular formula is C17H26N2O2. The minimum Gasteiger partial charge on any atom is -0.376 e. The Labute approximate surface area is 127 Å². The van der Waals surface area contributed by atoms with Crippen LogP contribution >= 0.6 is 0 Å². The average molecular weight is 290 g/mol. The zero-order valence-corrected chi connectivity index (χ0v) is 13.1. The third-order valence-electron chi connectivity index (χ3n) is 3.91. The maximum Gasteiger partial charge on any atom is 0.221 e. The summed E-state index contributed by atoms with van der Waals surface area (Å²) in [4.78, 5) is 14.2. The lowest BCUT2D eigenvalue weighted by Crippen LogP contribution is -2.34. The van der Waals surface area contributed by atoms with Crippen LogP contribution in [0.4, 0.5) is 5.69 Å². The van der Waals surface area contributed by atoms with E-state index in [2.05, 4.69) is 48.3 Å². The SMILES string of the molecule is CCN(CCC(=O)NCC1CCCO1)c1cccc(C)c1. The van der Waals surface area contributed by atoms with Crippen LogP contribution in [-0.2, 0) is 9.53 Å². The van der Waals surface area contributed by atoms with Crippen molar-refractivity contribution < 1.29 is 9.53 Å². The molecule has 1 aromatic rings. The maximum absolute atomic E-state index is 11.9. The Kier molecular flexibility index (Phi) is 6.05. The molecule has 0 bridgehead atoms. The molecule has 1 N–H and O–H groups in total. The second-order valence-corrected chi connectivity index (χ2v) is 5.61. The van der Waals surface area contributed by atoms with Gasteiger partial charge >= 0.3 is 0 Å². The number of amides is 1. The molecule has 4 heteroatoms. The molecule has 1 atom stereocenters. The number of nitrogens with one attached hydrogen (secondary N) is 1. The van der Waals surface area contributed by atoms with Gasteiger partial charge in [-0.25, -0.2) is 0 Å². The Morgan fingerprint density at radius 1 is 1.48 bits per heavy atom.